The van der Waals surface area contributed by atoms with E-state index < -0.39 is 5.97 Å². The molecular formula is C12H14N2O3S. The van der Waals surface area contributed by atoms with E-state index in [2.05, 4.69) is 15.0 Å². The van der Waals surface area contributed by atoms with Crippen LogP contribution in [0.1, 0.15) is 26.7 Å². The molecule has 2 heterocycles. The molecule has 2 aromatic heterocycles. The zero-order chi connectivity index (χ0) is 13.0. The van der Waals surface area contributed by atoms with E-state index >= 15 is 0 Å². The maximum atomic E-state index is 11.4. The highest BCUT2D eigenvalue weighted by atomic mass is 32.1. The molecule has 18 heavy (non-hydrogen) atoms. The molecule has 0 saturated heterocycles. The van der Waals surface area contributed by atoms with Crippen LogP contribution in [0.15, 0.2) is 22.3 Å². The molecule has 96 valence electrons. The lowest BCUT2D eigenvalue weighted by atomic mass is 10.2. The van der Waals surface area contributed by atoms with Gasteiger partial charge in [0.1, 0.15) is 0 Å². The molecule has 0 bridgehead atoms. The lowest BCUT2D eigenvalue weighted by molar-refractivity contribution is 0.0563. The number of aromatic nitrogens is 1. The number of thiazole rings is 1. The van der Waals surface area contributed by atoms with Gasteiger partial charge >= 0.3 is 5.97 Å². The Kier molecular flexibility index (Phi) is 4.11. The Hall–Kier alpha value is -1.66. The Labute approximate surface area is 109 Å². The number of nitrogens with zero attached hydrogens (tertiary/aromatic N) is 1. The van der Waals surface area contributed by atoms with Gasteiger partial charge in [0.25, 0.3) is 0 Å². The predicted octanol–water partition coefficient (Wildman–Crippen LogP) is 2.12. The highest BCUT2D eigenvalue weighted by Crippen LogP contribution is 2.14. The molecule has 0 aliphatic heterocycles. The van der Waals surface area contributed by atoms with Crippen molar-refractivity contribution in [2.75, 3.05) is 7.11 Å². The van der Waals surface area contributed by atoms with Gasteiger partial charge in [-0.05, 0) is 13.0 Å². The Morgan fingerprint density at radius 3 is 3.06 bits per heavy atom. The van der Waals surface area contributed by atoms with Crippen LogP contribution in [-0.4, -0.2) is 18.1 Å². The van der Waals surface area contributed by atoms with Crippen LogP contribution in [0.4, 0.5) is 0 Å². The summed E-state index contributed by atoms with van der Waals surface area (Å²) in [5.74, 6) is -0.197. The van der Waals surface area contributed by atoms with Crippen molar-refractivity contribution in [1.29, 1.82) is 0 Å². The van der Waals surface area contributed by atoms with Gasteiger partial charge in [-0.25, -0.2) is 9.78 Å². The van der Waals surface area contributed by atoms with Crippen molar-refractivity contribution in [2.45, 2.75) is 20.0 Å². The normalized spacial score (nSPS) is 10.6. The zero-order valence-electron chi connectivity index (χ0n) is 10.2. The summed E-state index contributed by atoms with van der Waals surface area (Å²) in [6.45, 7) is 3.26. The van der Waals surface area contributed by atoms with E-state index in [-0.39, 0.29) is 5.76 Å². The number of carbonyl (C=O) groups excluding carboxylic acids is 1. The van der Waals surface area contributed by atoms with Gasteiger partial charge in [-0.15, -0.1) is 11.3 Å². The van der Waals surface area contributed by atoms with Crippen molar-refractivity contribution in [1.82, 2.24) is 10.3 Å². The molecule has 0 aliphatic carbocycles. The first kappa shape index (κ1) is 12.8. The van der Waals surface area contributed by atoms with Crippen molar-refractivity contribution in [2.24, 2.45) is 0 Å². The smallest absolute Gasteiger partial charge is 0.374 e. The molecule has 1 N–H and O–H groups in total. The van der Waals surface area contributed by atoms with Gasteiger partial charge in [-0.1, -0.05) is 0 Å². The quantitative estimate of drug-likeness (QED) is 0.840. The van der Waals surface area contributed by atoms with Gasteiger partial charge in [-0.3, -0.25) is 0 Å². The van der Waals surface area contributed by atoms with E-state index in [1.807, 2.05) is 12.4 Å². The Morgan fingerprint density at radius 2 is 2.39 bits per heavy atom. The van der Waals surface area contributed by atoms with Crippen LogP contribution in [-0.2, 0) is 17.8 Å². The minimum Gasteiger partial charge on any atom is -0.463 e. The predicted molar refractivity (Wildman–Crippen MR) is 67.4 cm³/mol. The summed E-state index contributed by atoms with van der Waals surface area (Å²) >= 11 is 1.61. The van der Waals surface area contributed by atoms with Crippen LogP contribution in [0.2, 0.25) is 0 Å². The molecule has 2 aromatic rings. The standard InChI is InChI=1S/C12H14N2O3S/c1-8-10(18-7-14-8)6-13-5-9-3-4-17-11(9)12(15)16-2/h3-4,7,13H,5-6H2,1-2H3. The van der Waals surface area contributed by atoms with Crippen molar-refractivity contribution < 1.29 is 13.9 Å². The molecule has 5 nitrogen and oxygen atoms in total. The molecule has 0 spiro atoms. The van der Waals surface area contributed by atoms with Crippen LogP contribution < -0.4 is 5.32 Å². The van der Waals surface area contributed by atoms with Crippen molar-refractivity contribution in [3.63, 3.8) is 0 Å². The highest BCUT2D eigenvalue weighted by molar-refractivity contribution is 7.09. The second-order valence-corrected chi connectivity index (χ2v) is 4.67. The van der Waals surface area contributed by atoms with Gasteiger partial charge in [0.2, 0.25) is 5.76 Å². The molecular weight excluding hydrogens is 252 g/mol. The topological polar surface area (TPSA) is 64.4 Å². The number of nitrogens with one attached hydrogen (secondary N) is 1. The van der Waals surface area contributed by atoms with Crippen molar-refractivity contribution >= 4 is 17.3 Å². The summed E-state index contributed by atoms with van der Waals surface area (Å²) in [6, 6.07) is 1.76. The third-order valence-corrected chi connectivity index (χ3v) is 3.50. The Bertz CT molecular complexity index is 533. The number of ether oxygens (including phenoxy) is 1. The summed E-state index contributed by atoms with van der Waals surface area (Å²) in [4.78, 5) is 16.8. The number of carbonyl (C=O) groups is 1. The first-order chi connectivity index (χ1) is 8.72. The van der Waals surface area contributed by atoms with Crippen LogP contribution in [0.3, 0.4) is 0 Å². The largest absolute Gasteiger partial charge is 0.463 e. The van der Waals surface area contributed by atoms with E-state index in [0.29, 0.717) is 6.54 Å². The number of furan rings is 1. The fourth-order valence-corrected chi connectivity index (χ4v) is 2.30. The van der Waals surface area contributed by atoms with E-state index in [1.165, 1.54) is 18.3 Å². The molecule has 0 radical (unpaired) electrons. The first-order valence-electron chi connectivity index (χ1n) is 5.46. The Balaban J connectivity index is 1.93. The van der Waals surface area contributed by atoms with Gasteiger partial charge in [0, 0.05) is 23.5 Å². The van der Waals surface area contributed by atoms with E-state index in [0.717, 1.165) is 17.8 Å². The fraction of sp³-hybridized carbons (Fsp3) is 0.333. The molecule has 0 atom stereocenters. The number of hydrogen-bond donors (Lipinski definition) is 1. The first-order valence-corrected chi connectivity index (χ1v) is 6.34. The number of hydrogen-bond acceptors (Lipinski definition) is 6. The zero-order valence-corrected chi connectivity index (χ0v) is 11.0. The third-order valence-electron chi connectivity index (χ3n) is 2.56. The number of rotatable bonds is 5. The maximum absolute atomic E-state index is 11.4. The fourth-order valence-electron chi connectivity index (χ4n) is 1.55. The van der Waals surface area contributed by atoms with E-state index in [9.17, 15) is 4.79 Å². The van der Waals surface area contributed by atoms with Gasteiger partial charge in [0.15, 0.2) is 0 Å². The lowest BCUT2D eigenvalue weighted by Gasteiger charge is -2.03. The van der Waals surface area contributed by atoms with Crippen molar-refractivity contribution in [3.8, 4) is 0 Å². The van der Waals surface area contributed by atoms with Crippen LogP contribution >= 0.6 is 11.3 Å². The summed E-state index contributed by atoms with van der Waals surface area (Å²) in [5, 5.41) is 3.25. The summed E-state index contributed by atoms with van der Waals surface area (Å²) in [7, 11) is 1.34. The van der Waals surface area contributed by atoms with Crippen LogP contribution in [0, 0.1) is 6.92 Å². The van der Waals surface area contributed by atoms with Crippen LogP contribution in [0.5, 0.6) is 0 Å². The molecule has 2 rings (SSSR count). The minimum atomic E-state index is -0.453. The highest BCUT2D eigenvalue weighted by Gasteiger charge is 2.15. The van der Waals surface area contributed by atoms with Gasteiger partial charge in [0.05, 0.1) is 24.6 Å². The summed E-state index contributed by atoms with van der Waals surface area (Å²) in [6.07, 6.45) is 1.49. The molecule has 6 heteroatoms. The van der Waals surface area contributed by atoms with Crippen molar-refractivity contribution in [3.05, 3.63) is 39.7 Å². The number of methoxy groups -OCH3 is 1. The van der Waals surface area contributed by atoms with Crippen LogP contribution in [0.25, 0.3) is 0 Å². The molecule has 0 aliphatic rings. The average Bonchev–Trinajstić information content (AvgIpc) is 2.98. The number of esters is 1. The minimum absolute atomic E-state index is 0.256. The molecule has 0 saturated carbocycles. The summed E-state index contributed by atoms with van der Waals surface area (Å²) in [5.41, 5.74) is 3.65. The Morgan fingerprint density at radius 1 is 1.56 bits per heavy atom. The van der Waals surface area contributed by atoms with E-state index in [1.54, 1.807) is 17.4 Å². The maximum Gasteiger partial charge on any atom is 0.374 e. The average molecular weight is 266 g/mol. The molecule has 0 fully saturated rings. The van der Waals surface area contributed by atoms with E-state index in [4.69, 9.17) is 4.42 Å². The summed E-state index contributed by atoms with van der Waals surface area (Å²) < 4.78 is 9.74. The monoisotopic (exact) mass is 266 g/mol. The van der Waals surface area contributed by atoms with Gasteiger partial charge in [-0.2, -0.15) is 0 Å². The second kappa shape index (κ2) is 5.79. The molecule has 0 unspecified atom stereocenters. The van der Waals surface area contributed by atoms with Gasteiger partial charge < -0.3 is 14.5 Å². The number of aryl methyl sites for hydroxylation is 1. The molecule has 0 aromatic carbocycles. The second-order valence-electron chi connectivity index (χ2n) is 3.73. The molecule has 0 amide bonds. The lowest BCUT2D eigenvalue weighted by Crippen LogP contribution is -2.14. The SMILES string of the molecule is COC(=O)c1occc1CNCc1scnc1C. The third kappa shape index (κ3) is 2.77.